The Balaban J connectivity index is 2.34. The van der Waals surface area contributed by atoms with Crippen LogP contribution in [0, 0.1) is 0 Å². The Bertz CT molecular complexity index is 392. The Kier molecular flexibility index (Phi) is 8.54. The van der Waals surface area contributed by atoms with Crippen LogP contribution in [0.5, 0.6) is 5.75 Å². The summed E-state index contributed by atoms with van der Waals surface area (Å²) in [6.45, 7) is 5.45. The Labute approximate surface area is 125 Å². The van der Waals surface area contributed by atoms with Crippen molar-refractivity contribution in [2.45, 2.75) is 50.5 Å². The lowest BCUT2D eigenvalue weighted by molar-refractivity contribution is 0.414. The summed E-state index contributed by atoms with van der Waals surface area (Å²) in [4.78, 5) is 0.889. The van der Waals surface area contributed by atoms with Gasteiger partial charge in [-0.1, -0.05) is 13.8 Å². The van der Waals surface area contributed by atoms with Crippen LogP contribution < -0.4 is 10.1 Å². The molecular formula is C16H27NO2S. The first-order valence-corrected chi connectivity index (χ1v) is 8.79. The Morgan fingerprint density at radius 3 is 2.50 bits per heavy atom. The zero-order valence-corrected chi connectivity index (χ0v) is 13.7. The molecule has 1 rings (SSSR count). The topological polar surface area (TPSA) is 38.3 Å². The Hall–Kier alpha value is -0.870. The molecule has 2 unspecified atom stereocenters. The molecule has 0 saturated heterocycles. The first-order chi connectivity index (χ1) is 9.71. The van der Waals surface area contributed by atoms with E-state index in [1.807, 2.05) is 24.3 Å². The molecule has 0 spiro atoms. The number of hydrogen-bond acceptors (Lipinski definition) is 3. The molecule has 1 aromatic rings. The van der Waals surface area contributed by atoms with Crippen molar-refractivity contribution in [3.63, 3.8) is 0 Å². The molecule has 0 aliphatic carbocycles. The molecule has 1 N–H and O–H groups in total. The minimum Gasteiger partial charge on any atom is -0.497 e. The van der Waals surface area contributed by atoms with Gasteiger partial charge >= 0.3 is 0 Å². The van der Waals surface area contributed by atoms with Gasteiger partial charge in [0.05, 0.1) is 17.9 Å². The fourth-order valence-electron chi connectivity index (χ4n) is 2.11. The van der Waals surface area contributed by atoms with Crippen LogP contribution in [0.3, 0.4) is 0 Å². The van der Waals surface area contributed by atoms with E-state index in [4.69, 9.17) is 4.74 Å². The van der Waals surface area contributed by atoms with E-state index in [2.05, 4.69) is 19.2 Å². The third kappa shape index (κ3) is 6.06. The van der Waals surface area contributed by atoms with Gasteiger partial charge in [0, 0.05) is 16.7 Å². The van der Waals surface area contributed by atoms with E-state index in [1.54, 1.807) is 7.11 Å². The van der Waals surface area contributed by atoms with Crippen molar-refractivity contribution in [1.82, 2.24) is 5.32 Å². The summed E-state index contributed by atoms with van der Waals surface area (Å²) in [5.74, 6) is 1.54. The summed E-state index contributed by atoms with van der Waals surface area (Å²) >= 11 is 0. The molecular weight excluding hydrogens is 270 g/mol. The van der Waals surface area contributed by atoms with Gasteiger partial charge in [0.15, 0.2) is 0 Å². The van der Waals surface area contributed by atoms with E-state index in [0.717, 1.165) is 48.6 Å². The zero-order chi connectivity index (χ0) is 14.8. The number of nitrogens with one attached hydrogen (secondary N) is 1. The SMILES string of the molecule is CCCNC(CC)CCCS(=O)c1ccc(OC)cc1. The largest absolute Gasteiger partial charge is 0.497 e. The second-order valence-electron chi connectivity index (χ2n) is 4.93. The van der Waals surface area contributed by atoms with Crippen molar-refractivity contribution in [3.05, 3.63) is 24.3 Å². The van der Waals surface area contributed by atoms with Gasteiger partial charge < -0.3 is 10.1 Å². The van der Waals surface area contributed by atoms with Crippen molar-refractivity contribution >= 4 is 10.8 Å². The van der Waals surface area contributed by atoms with Gasteiger partial charge in [-0.15, -0.1) is 0 Å². The Morgan fingerprint density at radius 2 is 1.95 bits per heavy atom. The maximum absolute atomic E-state index is 12.2. The number of benzene rings is 1. The van der Waals surface area contributed by atoms with Crippen molar-refractivity contribution in [1.29, 1.82) is 0 Å². The summed E-state index contributed by atoms with van der Waals surface area (Å²) < 4.78 is 17.3. The van der Waals surface area contributed by atoms with Gasteiger partial charge in [-0.25, -0.2) is 0 Å². The predicted octanol–water partition coefficient (Wildman–Crippen LogP) is 3.36. The highest BCUT2D eigenvalue weighted by Crippen LogP contribution is 2.15. The van der Waals surface area contributed by atoms with Crippen molar-refractivity contribution in [2.75, 3.05) is 19.4 Å². The van der Waals surface area contributed by atoms with Gasteiger partial charge in [0.25, 0.3) is 0 Å². The molecule has 0 saturated carbocycles. The average Bonchev–Trinajstić information content (AvgIpc) is 2.50. The van der Waals surface area contributed by atoms with E-state index in [9.17, 15) is 4.21 Å². The van der Waals surface area contributed by atoms with Gasteiger partial charge in [-0.2, -0.15) is 0 Å². The van der Waals surface area contributed by atoms with Crippen molar-refractivity contribution in [3.8, 4) is 5.75 Å². The molecule has 20 heavy (non-hydrogen) atoms. The fraction of sp³-hybridized carbons (Fsp3) is 0.625. The highest BCUT2D eigenvalue weighted by Gasteiger charge is 2.08. The second kappa shape index (κ2) is 9.94. The minimum absolute atomic E-state index is 0.558. The van der Waals surface area contributed by atoms with Crippen LogP contribution in [0.2, 0.25) is 0 Å². The first-order valence-electron chi connectivity index (χ1n) is 7.47. The molecule has 0 amide bonds. The van der Waals surface area contributed by atoms with E-state index < -0.39 is 10.8 Å². The first kappa shape index (κ1) is 17.2. The fourth-order valence-corrected chi connectivity index (χ4v) is 3.21. The molecule has 114 valence electrons. The highest BCUT2D eigenvalue weighted by molar-refractivity contribution is 7.85. The van der Waals surface area contributed by atoms with Crippen LogP contribution in [-0.2, 0) is 10.8 Å². The lowest BCUT2D eigenvalue weighted by atomic mass is 10.1. The molecule has 0 fully saturated rings. The summed E-state index contributed by atoms with van der Waals surface area (Å²) in [7, 11) is 0.738. The smallest absolute Gasteiger partial charge is 0.118 e. The van der Waals surface area contributed by atoms with E-state index in [1.165, 1.54) is 0 Å². The number of rotatable bonds is 10. The summed E-state index contributed by atoms with van der Waals surface area (Å²) in [5, 5.41) is 3.53. The third-order valence-corrected chi connectivity index (χ3v) is 4.84. The van der Waals surface area contributed by atoms with E-state index in [-0.39, 0.29) is 0 Å². The molecule has 0 aliphatic rings. The van der Waals surface area contributed by atoms with E-state index in [0.29, 0.717) is 6.04 Å². The van der Waals surface area contributed by atoms with Gasteiger partial charge in [-0.3, -0.25) is 4.21 Å². The molecule has 0 aliphatic heterocycles. The van der Waals surface area contributed by atoms with Crippen LogP contribution in [0.25, 0.3) is 0 Å². The molecule has 0 bridgehead atoms. The molecule has 0 radical (unpaired) electrons. The number of hydrogen-bond donors (Lipinski definition) is 1. The monoisotopic (exact) mass is 297 g/mol. The summed E-state index contributed by atoms with van der Waals surface area (Å²) in [6, 6.07) is 8.07. The summed E-state index contributed by atoms with van der Waals surface area (Å²) in [6.07, 6.45) is 4.38. The normalized spacial score (nSPS) is 13.9. The molecule has 0 aromatic heterocycles. The maximum Gasteiger partial charge on any atom is 0.118 e. The van der Waals surface area contributed by atoms with Gasteiger partial charge in [0.2, 0.25) is 0 Å². The Morgan fingerprint density at radius 1 is 1.25 bits per heavy atom. The van der Waals surface area contributed by atoms with Crippen LogP contribution in [0.15, 0.2) is 29.2 Å². The van der Waals surface area contributed by atoms with Crippen LogP contribution in [0.4, 0.5) is 0 Å². The van der Waals surface area contributed by atoms with Crippen LogP contribution in [0.1, 0.15) is 39.5 Å². The minimum atomic E-state index is -0.901. The summed E-state index contributed by atoms with van der Waals surface area (Å²) in [5.41, 5.74) is 0. The molecule has 4 heteroatoms. The van der Waals surface area contributed by atoms with E-state index >= 15 is 0 Å². The maximum atomic E-state index is 12.2. The van der Waals surface area contributed by atoms with Gasteiger partial charge in [0.1, 0.15) is 5.75 Å². The molecule has 1 aromatic carbocycles. The van der Waals surface area contributed by atoms with Crippen LogP contribution >= 0.6 is 0 Å². The van der Waals surface area contributed by atoms with Crippen molar-refractivity contribution < 1.29 is 8.95 Å². The average molecular weight is 297 g/mol. The lowest BCUT2D eigenvalue weighted by Crippen LogP contribution is -2.29. The highest BCUT2D eigenvalue weighted by atomic mass is 32.2. The lowest BCUT2D eigenvalue weighted by Gasteiger charge is -2.16. The molecule has 0 heterocycles. The quantitative estimate of drug-likeness (QED) is 0.719. The third-order valence-electron chi connectivity index (χ3n) is 3.38. The standard InChI is InChI=1S/C16H27NO2S/c1-4-12-17-14(5-2)7-6-13-20(18)16-10-8-15(19-3)9-11-16/h8-11,14,17H,4-7,12-13H2,1-3H3. The number of methoxy groups -OCH3 is 1. The second-order valence-corrected chi connectivity index (χ2v) is 6.50. The van der Waals surface area contributed by atoms with Crippen LogP contribution in [-0.4, -0.2) is 29.7 Å². The molecule has 3 nitrogen and oxygen atoms in total. The number of ether oxygens (including phenoxy) is 1. The van der Waals surface area contributed by atoms with Crippen molar-refractivity contribution in [2.24, 2.45) is 0 Å². The zero-order valence-electron chi connectivity index (χ0n) is 12.9. The van der Waals surface area contributed by atoms with Gasteiger partial charge in [-0.05, 0) is 56.5 Å². The molecule has 2 atom stereocenters. The predicted molar refractivity (Wildman–Crippen MR) is 85.9 cm³/mol.